The fourth-order valence-corrected chi connectivity index (χ4v) is 3.35. The first kappa shape index (κ1) is 17.9. The zero-order chi connectivity index (χ0) is 17.4. The van der Waals surface area contributed by atoms with Crippen LogP contribution < -0.4 is 5.32 Å². The van der Waals surface area contributed by atoms with Crippen LogP contribution >= 0.6 is 0 Å². The molecule has 2 atom stereocenters. The van der Waals surface area contributed by atoms with E-state index in [9.17, 15) is 18.9 Å². The highest BCUT2D eigenvalue weighted by atomic mass is 32.2. The number of aliphatic carboxylic acids is 1. The predicted molar refractivity (Wildman–Crippen MR) is 92.0 cm³/mol. The molecule has 0 aromatic heterocycles. The average Bonchev–Trinajstić information content (AvgIpc) is 2.59. The molecule has 126 valence electrons. The number of amides is 1. The number of nitrogens with one attached hydrogen (secondary N) is 1. The summed E-state index contributed by atoms with van der Waals surface area (Å²) in [6.07, 6.45) is 0.226. The fraction of sp³-hybridized carbons (Fsp3) is 0.222. The number of carboxylic acids is 1. The van der Waals surface area contributed by atoms with Gasteiger partial charge in [0.25, 0.3) is 0 Å². The van der Waals surface area contributed by atoms with E-state index in [1.54, 1.807) is 36.4 Å². The molecule has 2 N–H and O–H groups in total. The van der Waals surface area contributed by atoms with Gasteiger partial charge in [-0.25, -0.2) is 4.79 Å². The van der Waals surface area contributed by atoms with Gasteiger partial charge in [0.15, 0.2) is 0 Å². The van der Waals surface area contributed by atoms with Crippen LogP contribution in [0.1, 0.15) is 12.0 Å². The molecule has 0 unspecified atom stereocenters. The number of carboxylic acid groups (broad SMARTS) is 1. The maximum Gasteiger partial charge on any atom is 0.326 e. The Balaban J connectivity index is 1.89. The summed E-state index contributed by atoms with van der Waals surface area (Å²) in [5.74, 6) is -1.31. The molecule has 1 amide bonds. The lowest BCUT2D eigenvalue weighted by Crippen LogP contribution is -2.42. The molecule has 0 saturated heterocycles. The molecule has 0 saturated carbocycles. The minimum Gasteiger partial charge on any atom is -0.480 e. The maximum absolute atomic E-state index is 12.2. The van der Waals surface area contributed by atoms with Crippen LogP contribution in [0.2, 0.25) is 0 Å². The third-order valence-corrected chi connectivity index (χ3v) is 4.84. The van der Waals surface area contributed by atoms with Gasteiger partial charge in [0.05, 0.1) is 17.2 Å². The Bertz CT molecular complexity index is 703. The van der Waals surface area contributed by atoms with Crippen LogP contribution in [-0.2, 0) is 26.8 Å². The van der Waals surface area contributed by atoms with E-state index in [0.717, 1.165) is 5.56 Å². The number of carbonyl (C=O) groups is 2. The van der Waals surface area contributed by atoms with E-state index >= 15 is 0 Å². The quantitative estimate of drug-likeness (QED) is 0.766. The van der Waals surface area contributed by atoms with Gasteiger partial charge in [-0.05, 0) is 24.1 Å². The molecule has 0 spiro atoms. The number of hydrogen-bond acceptors (Lipinski definition) is 3. The molecule has 0 radical (unpaired) electrons. The molecule has 0 aliphatic rings. The molecule has 2 aromatic rings. The van der Waals surface area contributed by atoms with Gasteiger partial charge in [-0.1, -0.05) is 48.5 Å². The normalized spacial score (nSPS) is 13.0. The van der Waals surface area contributed by atoms with E-state index in [4.69, 9.17) is 0 Å². The Kier molecular flexibility index (Phi) is 6.69. The monoisotopic (exact) mass is 345 g/mol. The average molecular weight is 345 g/mol. The lowest BCUT2D eigenvalue weighted by Gasteiger charge is -2.14. The SMILES string of the molecule is O=C(Cc1ccccc1)N[C@@H](CC[S@@](=O)c1ccccc1)C(=O)O. The van der Waals surface area contributed by atoms with Crippen LogP contribution in [-0.4, -0.2) is 33.0 Å². The standard InChI is InChI=1S/C18H19NO4S/c20-17(13-14-7-3-1-4-8-14)19-16(18(21)22)11-12-24(23)15-9-5-2-6-10-15/h1-10,16H,11-13H2,(H,19,20)(H,21,22)/t16-,24+/m0/s1. The van der Waals surface area contributed by atoms with Gasteiger partial charge in [-0.3, -0.25) is 9.00 Å². The minimum absolute atomic E-state index is 0.109. The predicted octanol–water partition coefficient (Wildman–Crippen LogP) is 2.00. The molecule has 5 nitrogen and oxygen atoms in total. The van der Waals surface area contributed by atoms with Gasteiger partial charge in [0.1, 0.15) is 6.04 Å². The summed E-state index contributed by atoms with van der Waals surface area (Å²) in [5.41, 5.74) is 0.812. The smallest absolute Gasteiger partial charge is 0.326 e. The molecule has 24 heavy (non-hydrogen) atoms. The molecule has 6 heteroatoms. The zero-order valence-electron chi connectivity index (χ0n) is 13.1. The Morgan fingerprint density at radius 3 is 2.17 bits per heavy atom. The van der Waals surface area contributed by atoms with Crippen LogP contribution in [0.25, 0.3) is 0 Å². The maximum atomic E-state index is 12.2. The molecule has 0 heterocycles. The summed E-state index contributed by atoms with van der Waals surface area (Å²) in [5, 5.41) is 11.8. The van der Waals surface area contributed by atoms with E-state index in [-0.39, 0.29) is 24.5 Å². The third kappa shape index (κ3) is 5.62. The van der Waals surface area contributed by atoms with Gasteiger partial charge in [-0.15, -0.1) is 0 Å². The minimum atomic E-state index is -1.29. The Hall–Kier alpha value is -2.47. The Morgan fingerprint density at radius 1 is 1.00 bits per heavy atom. The number of rotatable bonds is 8. The summed E-state index contributed by atoms with van der Waals surface area (Å²) in [6, 6.07) is 16.9. The second kappa shape index (κ2) is 8.98. The lowest BCUT2D eigenvalue weighted by molar-refractivity contribution is -0.141. The summed E-state index contributed by atoms with van der Waals surface area (Å²) >= 11 is 0. The highest BCUT2D eigenvalue weighted by molar-refractivity contribution is 7.85. The van der Waals surface area contributed by atoms with E-state index in [1.807, 2.05) is 24.3 Å². The molecule has 0 fully saturated rings. The van der Waals surface area contributed by atoms with Crippen molar-refractivity contribution in [2.45, 2.75) is 23.8 Å². The van der Waals surface area contributed by atoms with Crippen LogP contribution in [0.5, 0.6) is 0 Å². The van der Waals surface area contributed by atoms with E-state index in [0.29, 0.717) is 4.90 Å². The van der Waals surface area contributed by atoms with Crippen molar-refractivity contribution in [3.05, 3.63) is 66.2 Å². The second-order valence-electron chi connectivity index (χ2n) is 5.27. The van der Waals surface area contributed by atoms with Crippen molar-refractivity contribution >= 4 is 22.7 Å². The summed E-state index contributed by atoms with van der Waals surface area (Å²) < 4.78 is 12.2. The van der Waals surface area contributed by atoms with Crippen LogP contribution in [0, 0.1) is 0 Å². The summed E-state index contributed by atoms with van der Waals surface area (Å²) in [4.78, 5) is 24.0. The highest BCUT2D eigenvalue weighted by Crippen LogP contribution is 2.08. The molecular weight excluding hydrogens is 326 g/mol. The van der Waals surface area contributed by atoms with Crippen molar-refractivity contribution in [1.82, 2.24) is 5.32 Å². The van der Waals surface area contributed by atoms with Gasteiger partial charge in [0, 0.05) is 10.6 Å². The van der Waals surface area contributed by atoms with E-state index in [1.165, 1.54) is 0 Å². The van der Waals surface area contributed by atoms with Crippen molar-refractivity contribution in [1.29, 1.82) is 0 Å². The molecular formula is C18H19NO4S. The largest absolute Gasteiger partial charge is 0.480 e. The van der Waals surface area contributed by atoms with Crippen LogP contribution in [0.3, 0.4) is 0 Å². The second-order valence-corrected chi connectivity index (χ2v) is 6.84. The zero-order valence-corrected chi connectivity index (χ0v) is 13.9. The van der Waals surface area contributed by atoms with E-state index in [2.05, 4.69) is 5.32 Å². The first-order chi connectivity index (χ1) is 11.6. The molecule has 0 aliphatic carbocycles. The van der Waals surface area contributed by atoms with Crippen molar-refractivity contribution in [3.63, 3.8) is 0 Å². The van der Waals surface area contributed by atoms with Crippen LogP contribution in [0.15, 0.2) is 65.6 Å². The van der Waals surface area contributed by atoms with Gasteiger partial charge >= 0.3 is 5.97 Å². The fourth-order valence-electron chi connectivity index (χ4n) is 2.20. The van der Waals surface area contributed by atoms with Crippen molar-refractivity contribution in [2.24, 2.45) is 0 Å². The van der Waals surface area contributed by atoms with E-state index < -0.39 is 22.8 Å². The molecule has 2 rings (SSSR count). The van der Waals surface area contributed by atoms with Gasteiger partial charge in [0.2, 0.25) is 5.91 Å². The summed E-state index contributed by atoms with van der Waals surface area (Å²) in [7, 11) is -1.29. The molecule has 2 aromatic carbocycles. The van der Waals surface area contributed by atoms with Crippen molar-refractivity contribution in [3.8, 4) is 0 Å². The number of benzene rings is 2. The van der Waals surface area contributed by atoms with Gasteiger partial charge in [-0.2, -0.15) is 0 Å². The molecule has 0 bridgehead atoms. The Morgan fingerprint density at radius 2 is 1.58 bits per heavy atom. The van der Waals surface area contributed by atoms with Gasteiger partial charge < -0.3 is 10.4 Å². The van der Waals surface area contributed by atoms with Crippen molar-refractivity contribution in [2.75, 3.05) is 5.75 Å². The third-order valence-electron chi connectivity index (χ3n) is 3.44. The van der Waals surface area contributed by atoms with Crippen LogP contribution in [0.4, 0.5) is 0 Å². The topological polar surface area (TPSA) is 83.5 Å². The highest BCUT2D eigenvalue weighted by Gasteiger charge is 2.21. The Labute approximate surface area is 143 Å². The van der Waals surface area contributed by atoms with Crippen molar-refractivity contribution < 1.29 is 18.9 Å². The molecule has 0 aliphatic heterocycles. The summed E-state index contributed by atoms with van der Waals surface area (Å²) in [6.45, 7) is 0. The lowest BCUT2D eigenvalue weighted by atomic mass is 10.1. The first-order valence-corrected chi connectivity index (χ1v) is 8.87. The number of hydrogen-bond donors (Lipinski definition) is 2. The first-order valence-electron chi connectivity index (χ1n) is 7.56. The number of carbonyl (C=O) groups excluding carboxylic acids is 1.